The van der Waals surface area contributed by atoms with Crippen molar-refractivity contribution in [1.29, 1.82) is 0 Å². The topological polar surface area (TPSA) is 28.5 Å². The molecular weight excluding hydrogens is 314 g/mol. The molecule has 0 fully saturated rings. The Morgan fingerprint density at radius 1 is 0.917 bits per heavy atom. The van der Waals surface area contributed by atoms with E-state index in [9.17, 15) is 0 Å². The third-order valence-corrected chi connectivity index (χ3v) is 4.48. The second-order valence-electron chi connectivity index (χ2n) is 6.34. The molecular formula is C20H28N3S+. The molecule has 3 N–H and O–H groups in total. The highest BCUT2D eigenvalue weighted by molar-refractivity contribution is 7.80. The summed E-state index contributed by atoms with van der Waals surface area (Å²) in [5.41, 5.74) is 2.70. The molecule has 0 amide bonds. The van der Waals surface area contributed by atoms with Gasteiger partial charge >= 0.3 is 0 Å². The van der Waals surface area contributed by atoms with Crippen LogP contribution in [0.5, 0.6) is 0 Å². The van der Waals surface area contributed by atoms with Gasteiger partial charge in [0.05, 0.1) is 20.6 Å². The van der Waals surface area contributed by atoms with Gasteiger partial charge in [-0.3, -0.25) is 0 Å². The van der Waals surface area contributed by atoms with E-state index >= 15 is 0 Å². The molecule has 2 aromatic rings. The Bertz CT molecular complexity index is 599. The summed E-state index contributed by atoms with van der Waals surface area (Å²) < 4.78 is 0. The standard InChI is InChI=1S/C20H27N3S/c1-23(2)19(15-18-11-7-4-8-12-18)16-22-20(24)21-14-13-17-9-5-3-6-10-17/h3-12,19H,13-16H2,1-2H3,(H2,21,22,24)/p+1/t19-/m1/s1. The van der Waals surface area contributed by atoms with Gasteiger partial charge in [0, 0.05) is 13.0 Å². The first-order valence-corrected chi connectivity index (χ1v) is 8.95. The smallest absolute Gasteiger partial charge is 0.166 e. The minimum atomic E-state index is 0.487. The van der Waals surface area contributed by atoms with E-state index in [4.69, 9.17) is 12.2 Å². The highest BCUT2D eigenvalue weighted by atomic mass is 32.1. The normalized spacial score (nSPS) is 12.0. The van der Waals surface area contributed by atoms with Crippen LogP contribution in [0, 0.1) is 0 Å². The van der Waals surface area contributed by atoms with E-state index in [2.05, 4.69) is 79.3 Å². The van der Waals surface area contributed by atoms with Crippen molar-refractivity contribution in [2.45, 2.75) is 18.9 Å². The van der Waals surface area contributed by atoms with Crippen molar-refractivity contribution in [2.75, 3.05) is 27.2 Å². The molecule has 128 valence electrons. The second kappa shape index (κ2) is 10.1. The average Bonchev–Trinajstić information content (AvgIpc) is 2.60. The van der Waals surface area contributed by atoms with Crippen molar-refractivity contribution in [1.82, 2.24) is 10.6 Å². The molecule has 2 aromatic carbocycles. The summed E-state index contributed by atoms with van der Waals surface area (Å²) in [6.07, 6.45) is 2.03. The zero-order valence-electron chi connectivity index (χ0n) is 14.6. The molecule has 2 rings (SSSR count). The molecule has 4 heteroatoms. The third kappa shape index (κ3) is 6.69. The number of benzene rings is 2. The number of likely N-dealkylation sites (N-methyl/N-ethyl adjacent to an activating group) is 1. The first-order chi connectivity index (χ1) is 11.6. The third-order valence-electron chi connectivity index (χ3n) is 4.19. The molecule has 3 nitrogen and oxygen atoms in total. The molecule has 1 atom stereocenters. The molecule has 0 aromatic heterocycles. The van der Waals surface area contributed by atoms with Crippen LogP contribution in [0.25, 0.3) is 0 Å². The van der Waals surface area contributed by atoms with E-state index in [0.29, 0.717) is 6.04 Å². The summed E-state index contributed by atoms with van der Waals surface area (Å²) >= 11 is 5.41. The van der Waals surface area contributed by atoms with Crippen molar-refractivity contribution in [3.8, 4) is 0 Å². The van der Waals surface area contributed by atoms with Gasteiger partial charge in [-0.15, -0.1) is 0 Å². The van der Waals surface area contributed by atoms with Crippen LogP contribution in [0.3, 0.4) is 0 Å². The van der Waals surface area contributed by atoms with Crippen LogP contribution < -0.4 is 15.5 Å². The number of nitrogens with one attached hydrogen (secondary N) is 3. The van der Waals surface area contributed by atoms with Crippen molar-refractivity contribution in [3.05, 3.63) is 71.8 Å². The molecule has 0 radical (unpaired) electrons. The Kier molecular flexibility index (Phi) is 7.72. The number of hydrogen-bond donors (Lipinski definition) is 3. The van der Waals surface area contributed by atoms with Crippen LogP contribution in [-0.4, -0.2) is 38.3 Å². The van der Waals surface area contributed by atoms with Crippen LogP contribution in [0.4, 0.5) is 0 Å². The highest BCUT2D eigenvalue weighted by Gasteiger charge is 2.15. The predicted octanol–water partition coefficient (Wildman–Crippen LogP) is 1.45. The summed E-state index contributed by atoms with van der Waals surface area (Å²) in [6, 6.07) is 21.6. The highest BCUT2D eigenvalue weighted by Crippen LogP contribution is 2.01. The average molecular weight is 343 g/mol. The van der Waals surface area contributed by atoms with Gasteiger partial charge in [0.1, 0.15) is 6.04 Å². The maximum absolute atomic E-state index is 5.41. The fraction of sp³-hybridized carbons (Fsp3) is 0.350. The first kappa shape index (κ1) is 18.4. The van der Waals surface area contributed by atoms with Crippen LogP contribution >= 0.6 is 12.2 Å². The van der Waals surface area contributed by atoms with E-state index < -0.39 is 0 Å². The zero-order chi connectivity index (χ0) is 17.2. The molecule has 0 aliphatic carbocycles. The lowest BCUT2D eigenvalue weighted by atomic mass is 10.1. The molecule has 0 aliphatic heterocycles. The monoisotopic (exact) mass is 342 g/mol. The maximum atomic E-state index is 5.41. The molecule has 0 saturated heterocycles. The van der Waals surface area contributed by atoms with Gasteiger partial charge in [-0.25, -0.2) is 0 Å². The Morgan fingerprint density at radius 2 is 1.50 bits per heavy atom. The Balaban J connectivity index is 1.72. The van der Waals surface area contributed by atoms with Gasteiger partial charge in [0.2, 0.25) is 0 Å². The molecule has 0 saturated carbocycles. The minimum Gasteiger partial charge on any atom is -0.362 e. The summed E-state index contributed by atoms with van der Waals surface area (Å²) in [5.74, 6) is 0. The van der Waals surface area contributed by atoms with Crippen LogP contribution in [0.2, 0.25) is 0 Å². The van der Waals surface area contributed by atoms with Crippen LogP contribution in [-0.2, 0) is 12.8 Å². The second-order valence-corrected chi connectivity index (χ2v) is 6.74. The van der Waals surface area contributed by atoms with E-state index in [1.807, 2.05) is 6.07 Å². The van der Waals surface area contributed by atoms with Crippen molar-refractivity contribution >= 4 is 17.3 Å². The summed E-state index contributed by atoms with van der Waals surface area (Å²) in [6.45, 7) is 1.72. The summed E-state index contributed by atoms with van der Waals surface area (Å²) in [4.78, 5) is 1.43. The summed E-state index contributed by atoms with van der Waals surface area (Å²) in [5, 5.41) is 7.41. The van der Waals surface area contributed by atoms with Gasteiger partial charge in [-0.1, -0.05) is 60.7 Å². The molecule has 0 heterocycles. The number of hydrogen-bond acceptors (Lipinski definition) is 1. The lowest BCUT2D eigenvalue weighted by Gasteiger charge is -2.23. The Hall–Kier alpha value is -1.91. The van der Waals surface area contributed by atoms with Crippen molar-refractivity contribution in [2.24, 2.45) is 0 Å². The minimum absolute atomic E-state index is 0.487. The fourth-order valence-corrected chi connectivity index (χ4v) is 2.81. The van der Waals surface area contributed by atoms with Gasteiger partial charge < -0.3 is 15.5 Å². The Labute approximate surface area is 151 Å². The van der Waals surface area contributed by atoms with Crippen LogP contribution in [0.15, 0.2) is 60.7 Å². The lowest BCUT2D eigenvalue weighted by molar-refractivity contribution is -0.884. The largest absolute Gasteiger partial charge is 0.362 e. The Morgan fingerprint density at radius 3 is 2.08 bits per heavy atom. The SMILES string of the molecule is C[NH+](C)[C@@H](CNC(=S)NCCc1ccccc1)Cc1ccccc1. The molecule has 24 heavy (non-hydrogen) atoms. The first-order valence-electron chi connectivity index (χ1n) is 8.54. The van der Waals surface area contributed by atoms with Gasteiger partial charge in [-0.05, 0) is 29.8 Å². The van der Waals surface area contributed by atoms with Gasteiger partial charge in [0.15, 0.2) is 5.11 Å². The molecule has 0 spiro atoms. The van der Waals surface area contributed by atoms with Crippen LogP contribution in [0.1, 0.15) is 11.1 Å². The molecule has 0 unspecified atom stereocenters. The van der Waals surface area contributed by atoms with Crippen molar-refractivity contribution in [3.63, 3.8) is 0 Å². The van der Waals surface area contributed by atoms with E-state index in [0.717, 1.165) is 31.0 Å². The van der Waals surface area contributed by atoms with Gasteiger partial charge in [0.25, 0.3) is 0 Å². The lowest BCUT2D eigenvalue weighted by Crippen LogP contribution is -3.11. The number of rotatable bonds is 8. The van der Waals surface area contributed by atoms with Crippen molar-refractivity contribution < 1.29 is 4.90 Å². The van der Waals surface area contributed by atoms with E-state index in [-0.39, 0.29) is 0 Å². The molecule has 0 bridgehead atoms. The quantitative estimate of drug-likeness (QED) is 0.634. The fourth-order valence-electron chi connectivity index (χ4n) is 2.62. The molecule has 0 aliphatic rings. The number of thiocarbonyl (C=S) groups is 1. The zero-order valence-corrected chi connectivity index (χ0v) is 15.4. The summed E-state index contributed by atoms with van der Waals surface area (Å²) in [7, 11) is 4.39. The van der Waals surface area contributed by atoms with E-state index in [1.54, 1.807) is 0 Å². The van der Waals surface area contributed by atoms with E-state index in [1.165, 1.54) is 16.0 Å². The maximum Gasteiger partial charge on any atom is 0.166 e. The predicted molar refractivity (Wildman–Crippen MR) is 105 cm³/mol. The number of quaternary nitrogens is 1. The van der Waals surface area contributed by atoms with Gasteiger partial charge in [-0.2, -0.15) is 0 Å².